The Hall–Kier alpha value is -1.23. The first-order valence-corrected chi connectivity index (χ1v) is 5.82. The number of carbonyl (C=O) groups is 1. The fourth-order valence-electron chi connectivity index (χ4n) is 1.21. The number of nitrogens with two attached hydrogens (primary N) is 1. The molecule has 0 spiro atoms. The molecule has 1 aromatic rings. The van der Waals surface area contributed by atoms with Crippen LogP contribution < -0.4 is 16.4 Å². The first-order chi connectivity index (χ1) is 7.40. The van der Waals surface area contributed by atoms with Crippen LogP contribution in [-0.4, -0.2) is 12.1 Å². The van der Waals surface area contributed by atoms with Gasteiger partial charge in [-0.15, -0.1) is 0 Å². The molecule has 0 aliphatic heterocycles. The average molecular weight is 286 g/mol. The predicted molar refractivity (Wildman–Crippen MR) is 70.6 cm³/mol. The number of nitrogens with one attached hydrogen (secondary N) is 2. The van der Waals surface area contributed by atoms with E-state index in [4.69, 9.17) is 5.73 Å². The van der Waals surface area contributed by atoms with Gasteiger partial charge in [0.05, 0.1) is 5.69 Å². The summed E-state index contributed by atoms with van der Waals surface area (Å²) < 4.78 is 0.818. The molecule has 0 bridgehead atoms. The number of hydrogen-bond donors (Lipinski definition) is 3. The summed E-state index contributed by atoms with van der Waals surface area (Å²) in [6, 6.07) is 3.47. The number of urea groups is 1. The van der Waals surface area contributed by atoms with Crippen LogP contribution >= 0.6 is 15.9 Å². The van der Waals surface area contributed by atoms with Crippen LogP contribution in [0.2, 0.25) is 0 Å². The van der Waals surface area contributed by atoms with Crippen molar-refractivity contribution in [2.45, 2.75) is 26.8 Å². The molecular weight excluding hydrogens is 270 g/mol. The lowest BCUT2D eigenvalue weighted by Crippen LogP contribution is -2.34. The van der Waals surface area contributed by atoms with Crippen LogP contribution in [0, 0.1) is 6.92 Å². The molecule has 2 amide bonds. The summed E-state index contributed by atoms with van der Waals surface area (Å²) in [5, 5.41) is 5.47. The van der Waals surface area contributed by atoms with E-state index in [9.17, 15) is 4.79 Å². The number of anilines is 2. The summed E-state index contributed by atoms with van der Waals surface area (Å²) in [4.78, 5) is 11.5. The van der Waals surface area contributed by atoms with Crippen molar-refractivity contribution in [3.63, 3.8) is 0 Å². The topological polar surface area (TPSA) is 67.2 Å². The second-order valence-corrected chi connectivity index (χ2v) is 4.80. The van der Waals surface area contributed by atoms with Crippen molar-refractivity contribution in [3.8, 4) is 0 Å². The smallest absolute Gasteiger partial charge is 0.319 e. The van der Waals surface area contributed by atoms with Gasteiger partial charge in [-0.05, 0) is 54.4 Å². The lowest BCUT2D eigenvalue weighted by Gasteiger charge is -2.12. The van der Waals surface area contributed by atoms with Crippen molar-refractivity contribution >= 4 is 33.3 Å². The van der Waals surface area contributed by atoms with Gasteiger partial charge in [-0.25, -0.2) is 4.79 Å². The van der Waals surface area contributed by atoms with Gasteiger partial charge in [0.1, 0.15) is 0 Å². The zero-order valence-corrected chi connectivity index (χ0v) is 11.2. The van der Waals surface area contributed by atoms with E-state index < -0.39 is 0 Å². The quantitative estimate of drug-likeness (QED) is 0.732. The highest BCUT2D eigenvalue weighted by atomic mass is 79.9. The van der Waals surface area contributed by atoms with E-state index in [0.29, 0.717) is 11.4 Å². The van der Waals surface area contributed by atoms with Gasteiger partial charge >= 0.3 is 6.03 Å². The van der Waals surface area contributed by atoms with Crippen molar-refractivity contribution < 1.29 is 4.79 Å². The predicted octanol–water partition coefficient (Wildman–Crippen LogP) is 2.87. The van der Waals surface area contributed by atoms with E-state index in [0.717, 1.165) is 10.0 Å². The van der Waals surface area contributed by atoms with Gasteiger partial charge in [-0.1, -0.05) is 0 Å². The summed E-state index contributed by atoms with van der Waals surface area (Å²) in [7, 11) is 0. The number of benzene rings is 1. The molecule has 0 aliphatic carbocycles. The number of carbonyl (C=O) groups excluding carboxylic acids is 1. The fraction of sp³-hybridized carbons (Fsp3) is 0.364. The number of rotatable bonds is 2. The van der Waals surface area contributed by atoms with E-state index >= 15 is 0 Å². The molecule has 0 fully saturated rings. The second kappa shape index (κ2) is 5.21. The van der Waals surface area contributed by atoms with Gasteiger partial charge in [-0.3, -0.25) is 0 Å². The lowest BCUT2D eigenvalue weighted by molar-refractivity contribution is 0.250. The molecule has 5 heteroatoms. The highest BCUT2D eigenvalue weighted by Gasteiger charge is 2.08. The summed E-state index contributed by atoms with van der Waals surface area (Å²) in [5.41, 5.74) is 8.07. The third-order valence-electron chi connectivity index (χ3n) is 2.02. The molecule has 88 valence electrons. The largest absolute Gasteiger partial charge is 0.398 e. The summed E-state index contributed by atoms with van der Waals surface area (Å²) in [6.07, 6.45) is 0. The van der Waals surface area contributed by atoms with Crippen LogP contribution in [0.3, 0.4) is 0 Å². The van der Waals surface area contributed by atoms with Gasteiger partial charge in [-0.2, -0.15) is 0 Å². The Morgan fingerprint density at radius 2 is 2.06 bits per heavy atom. The molecular formula is C11H16BrN3O. The van der Waals surface area contributed by atoms with E-state index in [2.05, 4.69) is 26.6 Å². The van der Waals surface area contributed by atoms with Crippen LogP contribution in [0.1, 0.15) is 19.4 Å². The zero-order chi connectivity index (χ0) is 12.3. The highest BCUT2D eigenvalue weighted by molar-refractivity contribution is 9.10. The van der Waals surface area contributed by atoms with Gasteiger partial charge < -0.3 is 16.4 Å². The number of hydrogen-bond acceptors (Lipinski definition) is 2. The highest BCUT2D eigenvalue weighted by Crippen LogP contribution is 2.27. The van der Waals surface area contributed by atoms with Crippen molar-refractivity contribution in [1.82, 2.24) is 5.32 Å². The molecule has 0 radical (unpaired) electrons. The minimum atomic E-state index is -0.237. The Kier molecular flexibility index (Phi) is 4.18. The first kappa shape index (κ1) is 12.8. The molecule has 0 saturated heterocycles. The average Bonchev–Trinajstić information content (AvgIpc) is 2.12. The third kappa shape index (κ3) is 3.41. The van der Waals surface area contributed by atoms with E-state index in [-0.39, 0.29) is 12.1 Å². The van der Waals surface area contributed by atoms with Crippen molar-refractivity contribution in [1.29, 1.82) is 0 Å². The Labute approximate surface area is 104 Å². The van der Waals surface area contributed by atoms with Crippen LogP contribution in [0.5, 0.6) is 0 Å². The molecule has 0 aliphatic rings. The van der Waals surface area contributed by atoms with Crippen LogP contribution in [0.4, 0.5) is 16.2 Å². The van der Waals surface area contributed by atoms with Gasteiger partial charge in [0.2, 0.25) is 0 Å². The maximum atomic E-state index is 11.5. The van der Waals surface area contributed by atoms with Gasteiger partial charge in [0.25, 0.3) is 0 Å². The Balaban J connectivity index is 2.81. The molecule has 16 heavy (non-hydrogen) atoms. The number of nitrogen functional groups attached to an aromatic ring is 1. The maximum Gasteiger partial charge on any atom is 0.319 e. The lowest BCUT2D eigenvalue weighted by atomic mass is 10.2. The number of halogens is 1. The SMILES string of the molecule is Cc1cc(Br)c(NC(=O)NC(C)C)cc1N. The molecule has 4 N–H and O–H groups in total. The third-order valence-corrected chi connectivity index (χ3v) is 2.68. The van der Waals surface area contributed by atoms with E-state index in [1.807, 2.05) is 26.8 Å². The van der Waals surface area contributed by atoms with Gasteiger partial charge in [0.15, 0.2) is 0 Å². The molecule has 0 saturated carbocycles. The standard InChI is InChI=1S/C11H16BrN3O/c1-6(2)14-11(16)15-10-5-9(13)7(3)4-8(10)12/h4-6H,13H2,1-3H3,(H2,14,15,16). The van der Waals surface area contributed by atoms with Crippen molar-refractivity contribution in [3.05, 3.63) is 22.2 Å². The number of aryl methyl sites for hydroxylation is 1. The van der Waals surface area contributed by atoms with Crippen LogP contribution in [0.15, 0.2) is 16.6 Å². The fourth-order valence-corrected chi connectivity index (χ4v) is 1.76. The van der Waals surface area contributed by atoms with E-state index in [1.165, 1.54) is 0 Å². The molecule has 4 nitrogen and oxygen atoms in total. The molecule has 0 aromatic heterocycles. The molecule has 0 atom stereocenters. The van der Waals surface area contributed by atoms with E-state index in [1.54, 1.807) is 6.07 Å². The number of amides is 2. The van der Waals surface area contributed by atoms with Crippen LogP contribution in [-0.2, 0) is 0 Å². The molecule has 1 aromatic carbocycles. The van der Waals surface area contributed by atoms with Crippen molar-refractivity contribution in [2.24, 2.45) is 0 Å². The first-order valence-electron chi connectivity index (χ1n) is 5.03. The monoisotopic (exact) mass is 285 g/mol. The summed E-state index contributed by atoms with van der Waals surface area (Å²) in [6.45, 7) is 5.72. The normalized spacial score (nSPS) is 10.3. The Bertz CT molecular complexity index is 404. The molecule has 0 heterocycles. The van der Waals surface area contributed by atoms with Gasteiger partial charge in [0, 0.05) is 16.2 Å². The Morgan fingerprint density at radius 3 is 2.62 bits per heavy atom. The zero-order valence-electron chi connectivity index (χ0n) is 9.60. The summed E-state index contributed by atoms with van der Waals surface area (Å²) in [5.74, 6) is 0. The molecule has 1 rings (SSSR count). The minimum absolute atomic E-state index is 0.0987. The molecule has 0 unspecified atom stereocenters. The Morgan fingerprint density at radius 1 is 1.44 bits per heavy atom. The second-order valence-electron chi connectivity index (χ2n) is 3.94. The van der Waals surface area contributed by atoms with Crippen molar-refractivity contribution in [2.75, 3.05) is 11.1 Å². The maximum absolute atomic E-state index is 11.5. The summed E-state index contributed by atoms with van der Waals surface area (Å²) >= 11 is 3.38. The van der Waals surface area contributed by atoms with Crippen LogP contribution in [0.25, 0.3) is 0 Å². The minimum Gasteiger partial charge on any atom is -0.398 e.